The average Bonchev–Trinajstić information content (AvgIpc) is 3.38. The molecule has 1 amide bonds. The summed E-state index contributed by atoms with van der Waals surface area (Å²) in [5, 5.41) is 25.6. The molecule has 3 aromatic rings. The Morgan fingerprint density at radius 2 is 1.86 bits per heavy atom. The monoisotopic (exact) mass is 511 g/mol. The molecular formula is C27H37N5O5. The third-order valence-electron chi connectivity index (χ3n) is 5.93. The van der Waals surface area contributed by atoms with Gasteiger partial charge in [-0.1, -0.05) is 18.5 Å². The van der Waals surface area contributed by atoms with Gasteiger partial charge in [0.25, 0.3) is 5.89 Å². The van der Waals surface area contributed by atoms with E-state index in [0.29, 0.717) is 17.5 Å². The lowest BCUT2D eigenvalue weighted by atomic mass is 10.0. The fourth-order valence-electron chi connectivity index (χ4n) is 4.11. The number of rotatable bonds is 13. The molecule has 3 rings (SSSR count). The van der Waals surface area contributed by atoms with E-state index in [9.17, 15) is 9.90 Å². The first-order valence-electron chi connectivity index (χ1n) is 12.7. The summed E-state index contributed by atoms with van der Waals surface area (Å²) in [6.45, 7) is 11.2. The van der Waals surface area contributed by atoms with Gasteiger partial charge >= 0.3 is 0 Å². The summed E-state index contributed by atoms with van der Waals surface area (Å²) in [7, 11) is 0. The maximum Gasteiger partial charge on any atom is 0.258 e. The van der Waals surface area contributed by atoms with Gasteiger partial charge in [0.1, 0.15) is 30.9 Å². The normalized spacial score (nSPS) is 11.9. The van der Waals surface area contributed by atoms with Crippen LogP contribution in [0.25, 0.3) is 22.8 Å². The Bertz CT molecular complexity index is 1190. The minimum atomic E-state index is -0.908. The largest absolute Gasteiger partial charge is 0.490 e. The molecule has 0 spiro atoms. The van der Waals surface area contributed by atoms with E-state index in [0.717, 1.165) is 59.7 Å². The van der Waals surface area contributed by atoms with Crippen LogP contribution in [0.2, 0.25) is 0 Å². The van der Waals surface area contributed by atoms with E-state index in [4.69, 9.17) is 14.4 Å². The topological polar surface area (TPSA) is 134 Å². The van der Waals surface area contributed by atoms with Gasteiger partial charge in [-0.2, -0.15) is 4.98 Å². The fourth-order valence-corrected chi connectivity index (χ4v) is 4.11. The summed E-state index contributed by atoms with van der Waals surface area (Å²) in [5.41, 5.74) is 4.36. The molecule has 200 valence electrons. The van der Waals surface area contributed by atoms with E-state index in [1.54, 1.807) is 0 Å². The first kappa shape index (κ1) is 28.1. The van der Waals surface area contributed by atoms with Crippen LogP contribution in [0.15, 0.2) is 28.8 Å². The summed E-state index contributed by atoms with van der Waals surface area (Å²) in [5.74, 6) is 1.93. The third-order valence-corrected chi connectivity index (χ3v) is 5.93. The van der Waals surface area contributed by atoms with Gasteiger partial charge in [-0.25, -0.2) is 4.98 Å². The van der Waals surface area contributed by atoms with Crippen LogP contribution in [0.1, 0.15) is 44.0 Å². The van der Waals surface area contributed by atoms with Crippen LogP contribution in [0.3, 0.4) is 0 Å². The van der Waals surface area contributed by atoms with Gasteiger partial charge in [-0.3, -0.25) is 4.79 Å². The first-order chi connectivity index (χ1) is 17.8. The highest BCUT2D eigenvalue weighted by Gasteiger charge is 2.18. The number of anilines is 1. The lowest BCUT2D eigenvalue weighted by molar-refractivity contribution is -0.124. The lowest BCUT2D eigenvalue weighted by Gasteiger charge is -2.20. The Hall–Kier alpha value is -3.50. The first-order valence-corrected chi connectivity index (χ1v) is 12.7. The maximum absolute atomic E-state index is 11.2. The van der Waals surface area contributed by atoms with Gasteiger partial charge in [0, 0.05) is 36.5 Å². The number of aromatic nitrogens is 3. The second-order valence-corrected chi connectivity index (χ2v) is 8.91. The van der Waals surface area contributed by atoms with Crippen molar-refractivity contribution in [3.05, 3.63) is 41.1 Å². The molecule has 3 N–H and O–H groups in total. The molecule has 0 fully saturated rings. The predicted octanol–water partition coefficient (Wildman–Crippen LogP) is 3.06. The Morgan fingerprint density at radius 3 is 2.54 bits per heavy atom. The number of hydrogen-bond acceptors (Lipinski definition) is 9. The second-order valence-electron chi connectivity index (χ2n) is 8.91. The van der Waals surface area contributed by atoms with Crippen molar-refractivity contribution in [3.63, 3.8) is 0 Å². The summed E-state index contributed by atoms with van der Waals surface area (Å²) >= 11 is 0. The van der Waals surface area contributed by atoms with Gasteiger partial charge in [-0.15, -0.1) is 0 Å². The molecule has 2 heterocycles. The summed E-state index contributed by atoms with van der Waals surface area (Å²) in [4.78, 5) is 22.7. The number of benzene rings is 1. The number of aliphatic hydroxyl groups is 2. The van der Waals surface area contributed by atoms with Crippen LogP contribution in [0, 0.1) is 13.8 Å². The summed E-state index contributed by atoms with van der Waals surface area (Å²) < 4.78 is 11.6. The quantitative estimate of drug-likeness (QED) is 0.316. The van der Waals surface area contributed by atoms with Crippen LogP contribution in [-0.4, -0.2) is 70.2 Å². The fraction of sp³-hybridized carbons (Fsp3) is 0.481. The highest BCUT2D eigenvalue weighted by Crippen LogP contribution is 2.32. The zero-order chi connectivity index (χ0) is 26.9. The van der Waals surface area contributed by atoms with Crippen molar-refractivity contribution in [2.45, 2.75) is 53.6 Å². The standard InChI is InChI=1S/C27H37N5O5/c1-6-9-19-12-20(10-17(4)25(19)36-16-22(34)14-28-24(35)15-33)26-30-27(37-31-26)21-11-18(5)29-23(13-21)32(7-2)8-3/h10-13,22,33-34H,6-9,14-16H2,1-5H3,(H,28,35)/t22-/m0/s1. The Labute approximate surface area is 217 Å². The molecule has 1 aromatic carbocycles. The number of aliphatic hydroxyl groups excluding tert-OH is 2. The Kier molecular flexibility index (Phi) is 9.99. The van der Waals surface area contributed by atoms with Gasteiger partial charge in [0.05, 0.1) is 0 Å². The molecule has 1 atom stereocenters. The number of hydrogen-bond donors (Lipinski definition) is 3. The highest BCUT2D eigenvalue weighted by atomic mass is 16.5. The minimum absolute atomic E-state index is 0.00423. The zero-order valence-corrected chi connectivity index (χ0v) is 22.2. The van der Waals surface area contributed by atoms with Gasteiger partial charge < -0.3 is 29.7 Å². The number of amides is 1. The van der Waals surface area contributed by atoms with Crippen LogP contribution >= 0.6 is 0 Å². The third kappa shape index (κ3) is 7.27. The second kappa shape index (κ2) is 13.2. The molecule has 0 saturated carbocycles. The number of pyridine rings is 1. The molecule has 0 bridgehead atoms. The average molecular weight is 512 g/mol. The van der Waals surface area contributed by atoms with E-state index < -0.39 is 18.6 Å². The molecule has 0 unspecified atom stereocenters. The van der Waals surface area contributed by atoms with E-state index in [1.807, 2.05) is 38.1 Å². The van der Waals surface area contributed by atoms with Crippen molar-refractivity contribution in [3.8, 4) is 28.6 Å². The van der Waals surface area contributed by atoms with E-state index in [2.05, 4.69) is 46.1 Å². The minimum Gasteiger partial charge on any atom is -0.490 e. The number of ether oxygens (including phenoxy) is 1. The van der Waals surface area contributed by atoms with Crippen molar-refractivity contribution in [2.24, 2.45) is 0 Å². The SMILES string of the molecule is CCCc1cc(-c2noc(-c3cc(C)nc(N(CC)CC)c3)n2)cc(C)c1OC[C@@H](O)CNC(=O)CO. The molecule has 0 aliphatic heterocycles. The number of carbonyl (C=O) groups is 1. The summed E-state index contributed by atoms with van der Waals surface area (Å²) in [6, 6.07) is 7.82. The van der Waals surface area contributed by atoms with Crippen LogP contribution < -0.4 is 15.0 Å². The lowest BCUT2D eigenvalue weighted by Crippen LogP contribution is -2.36. The van der Waals surface area contributed by atoms with E-state index in [1.165, 1.54) is 0 Å². The van der Waals surface area contributed by atoms with Gasteiger partial charge in [-0.05, 0) is 69.5 Å². The molecule has 0 aliphatic rings. The molecule has 10 nitrogen and oxygen atoms in total. The van der Waals surface area contributed by atoms with Crippen molar-refractivity contribution in [2.75, 3.05) is 37.7 Å². The molecule has 10 heteroatoms. The van der Waals surface area contributed by atoms with E-state index >= 15 is 0 Å². The molecule has 37 heavy (non-hydrogen) atoms. The molecule has 0 saturated heterocycles. The maximum atomic E-state index is 11.2. The number of nitrogens with one attached hydrogen (secondary N) is 1. The van der Waals surface area contributed by atoms with Crippen molar-refractivity contribution >= 4 is 11.7 Å². The predicted molar refractivity (Wildman–Crippen MR) is 142 cm³/mol. The smallest absolute Gasteiger partial charge is 0.258 e. The van der Waals surface area contributed by atoms with Crippen molar-refractivity contribution in [1.29, 1.82) is 0 Å². The Morgan fingerprint density at radius 1 is 1.11 bits per heavy atom. The van der Waals surface area contributed by atoms with Crippen LogP contribution in [0.5, 0.6) is 5.75 Å². The van der Waals surface area contributed by atoms with Crippen molar-refractivity contribution < 1.29 is 24.3 Å². The molecule has 2 aromatic heterocycles. The van der Waals surface area contributed by atoms with E-state index in [-0.39, 0.29) is 13.2 Å². The van der Waals surface area contributed by atoms with Gasteiger partial charge in [0.2, 0.25) is 11.7 Å². The van der Waals surface area contributed by atoms with Crippen LogP contribution in [0.4, 0.5) is 5.82 Å². The zero-order valence-electron chi connectivity index (χ0n) is 22.2. The number of carbonyl (C=O) groups excluding carboxylic acids is 1. The van der Waals surface area contributed by atoms with Crippen molar-refractivity contribution in [1.82, 2.24) is 20.4 Å². The highest BCUT2D eigenvalue weighted by molar-refractivity contribution is 5.76. The molecular weight excluding hydrogens is 474 g/mol. The molecule has 0 aliphatic carbocycles. The van der Waals surface area contributed by atoms with Crippen LogP contribution in [-0.2, 0) is 11.2 Å². The summed E-state index contributed by atoms with van der Waals surface area (Å²) in [6.07, 6.45) is 0.757. The molecule has 0 radical (unpaired) electrons. The van der Waals surface area contributed by atoms with Gasteiger partial charge in [0.15, 0.2) is 0 Å². The number of nitrogens with zero attached hydrogens (tertiary/aromatic N) is 4. The Balaban J connectivity index is 1.84. The number of aryl methyl sites for hydroxylation is 3.